The highest BCUT2D eigenvalue weighted by Crippen LogP contribution is 2.54. The highest BCUT2D eigenvalue weighted by Gasteiger charge is 2.46. The summed E-state index contributed by atoms with van der Waals surface area (Å²) in [5.41, 5.74) is 1.28. The van der Waals surface area contributed by atoms with E-state index in [9.17, 15) is 4.79 Å². The zero-order valence-electron chi connectivity index (χ0n) is 11.0. The highest BCUT2D eigenvalue weighted by atomic mass is 16.1. The van der Waals surface area contributed by atoms with Crippen LogP contribution in [0.25, 0.3) is 0 Å². The predicted molar refractivity (Wildman–Crippen MR) is 70.6 cm³/mol. The number of nitrogens with one attached hydrogen (secondary N) is 1. The molecule has 2 heteroatoms. The van der Waals surface area contributed by atoms with E-state index in [-0.39, 0.29) is 5.91 Å². The van der Waals surface area contributed by atoms with E-state index < -0.39 is 0 Å². The van der Waals surface area contributed by atoms with Crippen molar-refractivity contribution < 1.29 is 4.79 Å². The average Bonchev–Trinajstić information content (AvgIpc) is 2.86. The first kappa shape index (κ1) is 11.1. The topological polar surface area (TPSA) is 29.1 Å². The van der Waals surface area contributed by atoms with Crippen LogP contribution in [0.2, 0.25) is 0 Å². The largest absolute Gasteiger partial charge is 0.330 e. The van der Waals surface area contributed by atoms with Crippen molar-refractivity contribution in [3.63, 3.8) is 0 Å². The molecular formula is C16H23NO. The lowest BCUT2D eigenvalue weighted by Gasteiger charge is -2.48. The number of carbonyl (C=O) groups excluding carboxylic acids is 1. The number of hydrogen-bond donors (Lipinski definition) is 1. The zero-order chi connectivity index (χ0) is 12.1. The van der Waals surface area contributed by atoms with Gasteiger partial charge in [-0.15, -0.1) is 0 Å². The number of amides is 1. The van der Waals surface area contributed by atoms with Gasteiger partial charge in [0.25, 0.3) is 0 Å². The Morgan fingerprint density at radius 3 is 2.89 bits per heavy atom. The Bertz CT molecular complexity index is 400. The third-order valence-electron chi connectivity index (χ3n) is 6.18. The van der Waals surface area contributed by atoms with Gasteiger partial charge in [-0.05, 0) is 55.8 Å². The Balaban J connectivity index is 1.61. The highest BCUT2D eigenvalue weighted by molar-refractivity contribution is 5.79. The minimum Gasteiger partial charge on any atom is -0.330 e. The van der Waals surface area contributed by atoms with Gasteiger partial charge in [0.1, 0.15) is 0 Å². The lowest BCUT2D eigenvalue weighted by molar-refractivity contribution is -0.122. The Morgan fingerprint density at radius 1 is 1.00 bits per heavy atom. The SMILES string of the molecule is O=C1CCC2C(=CCC3C4CCCC4CCC23)N1. The normalized spacial score (nSPS) is 46.6. The van der Waals surface area contributed by atoms with Crippen LogP contribution in [0.3, 0.4) is 0 Å². The maximum Gasteiger partial charge on any atom is 0.224 e. The molecule has 1 saturated heterocycles. The van der Waals surface area contributed by atoms with Crippen LogP contribution in [0.15, 0.2) is 11.8 Å². The molecule has 18 heavy (non-hydrogen) atoms. The molecule has 0 spiro atoms. The lowest BCUT2D eigenvalue weighted by Crippen LogP contribution is -2.44. The number of carbonyl (C=O) groups is 1. The zero-order valence-corrected chi connectivity index (χ0v) is 11.0. The van der Waals surface area contributed by atoms with E-state index in [1.807, 2.05) is 0 Å². The molecule has 5 unspecified atom stereocenters. The van der Waals surface area contributed by atoms with Gasteiger partial charge in [-0.25, -0.2) is 0 Å². The molecule has 0 aromatic rings. The Labute approximate surface area is 109 Å². The summed E-state index contributed by atoms with van der Waals surface area (Å²) in [5.74, 6) is 4.80. The first-order chi connectivity index (χ1) is 8.83. The van der Waals surface area contributed by atoms with Crippen molar-refractivity contribution in [3.8, 4) is 0 Å². The van der Waals surface area contributed by atoms with Gasteiger partial charge in [0.15, 0.2) is 0 Å². The predicted octanol–water partition coefficient (Wildman–Crippen LogP) is 3.24. The maximum absolute atomic E-state index is 11.5. The van der Waals surface area contributed by atoms with Crippen molar-refractivity contribution in [2.45, 2.75) is 51.4 Å². The summed E-state index contributed by atoms with van der Waals surface area (Å²) in [4.78, 5) is 11.5. The minimum absolute atomic E-state index is 0.241. The summed E-state index contributed by atoms with van der Waals surface area (Å²) < 4.78 is 0. The van der Waals surface area contributed by atoms with Crippen molar-refractivity contribution in [1.82, 2.24) is 5.32 Å². The molecule has 0 radical (unpaired) electrons. The molecular weight excluding hydrogens is 222 g/mol. The molecule has 1 heterocycles. The average molecular weight is 245 g/mol. The molecule has 1 aliphatic heterocycles. The fourth-order valence-corrected chi connectivity index (χ4v) is 5.44. The molecule has 5 atom stereocenters. The second-order valence-corrected chi connectivity index (χ2v) is 6.85. The molecule has 2 nitrogen and oxygen atoms in total. The van der Waals surface area contributed by atoms with Crippen LogP contribution >= 0.6 is 0 Å². The van der Waals surface area contributed by atoms with Crippen molar-refractivity contribution in [3.05, 3.63) is 11.8 Å². The van der Waals surface area contributed by atoms with Crippen molar-refractivity contribution in [1.29, 1.82) is 0 Å². The number of allylic oxidation sites excluding steroid dienone is 2. The van der Waals surface area contributed by atoms with E-state index in [1.54, 1.807) is 0 Å². The summed E-state index contributed by atoms with van der Waals surface area (Å²) in [6.45, 7) is 0. The first-order valence-electron chi connectivity index (χ1n) is 7.83. The number of rotatable bonds is 0. The van der Waals surface area contributed by atoms with E-state index in [1.165, 1.54) is 44.2 Å². The molecule has 0 aromatic heterocycles. The Kier molecular flexibility index (Phi) is 2.53. The molecule has 0 aromatic carbocycles. The smallest absolute Gasteiger partial charge is 0.224 e. The Morgan fingerprint density at radius 2 is 1.94 bits per heavy atom. The summed E-state index contributed by atoms with van der Waals surface area (Å²) in [5, 5.41) is 3.13. The summed E-state index contributed by atoms with van der Waals surface area (Å²) in [6, 6.07) is 0. The molecule has 1 N–H and O–H groups in total. The summed E-state index contributed by atoms with van der Waals surface area (Å²) >= 11 is 0. The van der Waals surface area contributed by atoms with Gasteiger partial charge < -0.3 is 5.32 Å². The second kappa shape index (κ2) is 4.11. The van der Waals surface area contributed by atoms with Crippen LogP contribution in [0, 0.1) is 29.6 Å². The number of hydrogen-bond acceptors (Lipinski definition) is 1. The number of fused-ring (bicyclic) bond motifs is 5. The van der Waals surface area contributed by atoms with E-state index in [0.29, 0.717) is 5.92 Å². The number of piperidine rings is 1. The fraction of sp³-hybridized carbons (Fsp3) is 0.812. The fourth-order valence-electron chi connectivity index (χ4n) is 5.44. The van der Waals surface area contributed by atoms with Crippen LogP contribution < -0.4 is 5.32 Å². The van der Waals surface area contributed by atoms with E-state index >= 15 is 0 Å². The van der Waals surface area contributed by atoms with Crippen LogP contribution in [0.4, 0.5) is 0 Å². The van der Waals surface area contributed by atoms with Gasteiger partial charge in [0.05, 0.1) is 0 Å². The molecule has 3 fully saturated rings. The van der Waals surface area contributed by atoms with Crippen LogP contribution in [0.5, 0.6) is 0 Å². The third kappa shape index (κ3) is 1.57. The van der Waals surface area contributed by atoms with Crippen molar-refractivity contribution in [2.75, 3.05) is 0 Å². The molecule has 0 bridgehead atoms. The van der Waals surface area contributed by atoms with Gasteiger partial charge in [-0.3, -0.25) is 4.79 Å². The van der Waals surface area contributed by atoms with Crippen molar-refractivity contribution in [2.24, 2.45) is 29.6 Å². The van der Waals surface area contributed by atoms with Crippen molar-refractivity contribution >= 4 is 5.91 Å². The van der Waals surface area contributed by atoms with Gasteiger partial charge >= 0.3 is 0 Å². The summed E-state index contributed by atoms with van der Waals surface area (Å²) in [7, 11) is 0. The molecule has 3 aliphatic carbocycles. The third-order valence-corrected chi connectivity index (χ3v) is 6.18. The van der Waals surface area contributed by atoms with Gasteiger partial charge in [-0.1, -0.05) is 18.9 Å². The Hall–Kier alpha value is -0.790. The molecule has 1 amide bonds. The first-order valence-corrected chi connectivity index (χ1v) is 7.83. The second-order valence-electron chi connectivity index (χ2n) is 6.85. The quantitative estimate of drug-likeness (QED) is 0.697. The van der Waals surface area contributed by atoms with Crippen LogP contribution in [0.1, 0.15) is 51.4 Å². The molecule has 4 rings (SSSR count). The van der Waals surface area contributed by atoms with Crippen LogP contribution in [-0.4, -0.2) is 5.91 Å². The summed E-state index contributed by atoms with van der Waals surface area (Å²) in [6.07, 6.45) is 12.8. The minimum atomic E-state index is 0.241. The lowest BCUT2D eigenvalue weighted by atomic mass is 9.59. The van der Waals surface area contributed by atoms with E-state index in [2.05, 4.69) is 11.4 Å². The molecule has 98 valence electrons. The van der Waals surface area contributed by atoms with E-state index in [4.69, 9.17) is 0 Å². The van der Waals surface area contributed by atoms with Gasteiger partial charge in [0.2, 0.25) is 5.91 Å². The molecule has 4 aliphatic rings. The van der Waals surface area contributed by atoms with Gasteiger partial charge in [-0.2, -0.15) is 0 Å². The maximum atomic E-state index is 11.5. The molecule has 2 saturated carbocycles. The van der Waals surface area contributed by atoms with Crippen LogP contribution in [-0.2, 0) is 4.79 Å². The van der Waals surface area contributed by atoms with E-state index in [0.717, 1.165) is 36.5 Å². The monoisotopic (exact) mass is 245 g/mol. The van der Waals surface area contributed by atoms with Gasteiger partial charge in [0, 0.05) is 18.0 Å². The standard InChI is InChI=1S/C16H23NO/c18-16-9-7-14-13-5-4-10-2-1-3-11(10)12(13)6-8-15(14)17-16/h8,10-14H,1-7,9H2,(H,17,18).